The van der Waals surface area contributed by atoms with Crippen molar-refractivity contribution in [2.75, 3.05) is 26.7 Å². The van der Waals surface area contributed by atoms with E-state index >= 15 is 0 Å². The van der Waals surface area contributed by atoms with Crippen molar-refractivity contribution in [2.24, 2.45) is 10.7 Å². The summed E-state index contributed by atoms with van der Waals surface area (Å²) < 4.78 is 11.2. The van der Waals surface area contributed by atoms with Gasteiger partial charge in [0, 0.05) is 19.2 Å². The normalized spacial score (nSPS) is 11.8. The number of hydrogen-bond acceptors (Lipinski definition) is 6. The highest BCUT2D eigenvalue weighted by molar-refractivity contribution is 6.04. The van der Waals surface area contributed by atoms with E-state index in [0.717, 1.165) is 22.3 Å². The maximum Gasteiger partial charge on any atom is 0.349 e. The Bertz CT molecular complexity index is 1130. The molecule has 3 N–H and O–H groups in total. The van der Waals surface area contributed by atoms with Crippen molar-refractivity contribution in [1.82, 2.24) is 10.2 Å². The van der Waals surface area contributed by atoms with Crippen LogP contribution in [0.4, 0.5) is 0 Å². The van der Waals surface area contributed by atoms with E-state index in [1.165, 1.54) is 0 Å². The standard InChI is InChI=1S/C28H38N4O5/c1-8-36-27(35)28(5,6)37-25-19(3)13-21(14-20(25)4)15-32(16-23(33)30-7)17-24(34)31-26(29)22-11-9-18(2)10-12-22/h9-14H,8,15-17H2,1-7H3,(H,30,33)(H2,29,31,34). The van der Waals surface area contributed by atoms with Crippen LogP contribution >= 0.6 is 0 Å². The highest BCUT2D eigenvalue weighted by Crippen LogP contribution is 2.29. The van der Waals surface area contributed by atoms with E-state index in [-0.39, 0.29) is 31.4 Å². The smallest absolute Gasteiger partial charge is 0.349 e. The van der Waals surface area contributed by atoms with Crippen LogP contribution in [-0.4, -0.2) is 60.9 Å². The molecule has 9 nitrogen and oxygen atoms in total. The quantitative estimate of drug-likeness (QED) is 0.271. The minimum Gasteiger partial charge on any atom is -0.476 e. The summed E-state index contributed by atoms with van der Waals surface area (Å²) in [5, 5.41) is 2.59. The summed E-state index contributed by atoms with van der Waals surface area (Å²) in [6, 6.07) is 11.2. The number of hydrogen-bond donors (Lipinski definition) is 2. The molecule has 0 saturated heterocycles. The Morgan fingerprint density at radius 3 is 2.16 bits per heavy atom. The number of amides is 2. The Labute approximate surface area is 219 Å². The van der Waals surface area contributed by atoms with Gasteiger partial charge >= 0.3 is 5.97 Å². The molecule has 0 radical (unpaired) electrons. The molecule has 0 saturated carbocycles. The van der Waals surface area contributed by atoms with E-state index in [2.05, 4.69) is 10.3 Å². The topological polar surface area (TPSA) is 123 Å². The molecule has 0 aliphatic heterocycles. The summed E-state index contributed by atoms with van der Waals surface area (Å²) in [4.78, 5) is 42.9. The molecule has 2 amide bonds. The van der Waals surface area contributed by atoms with E-state index < -0.39 is 17.5 Å². The zero-order chi connectivity index (χ0) is 27.8. The van der Waals surface area contributed by atoms with Crippen molar-refractivity contribution in [3.63, 3.8) is 0 Å². The van der Waals surface area contributed by atoms with Gasteiger partial charge in [0.05, 0.1) is 19.7 Å². The maximum absolute atomic E-state index is 12.7. The molecular formula is C28H38N4O5. The van der Waals surface area contributed by atoms with Gasteiger partial charge in [0.25, 0.3) is 5.91 Å². The fourth-order valence-corrected chi connectivity index (χ4v) is 3.75. The van der Waals surface area contributed by atoms with E-state index in [0.29, 0.717) is 17.9 Å². The summed E-state index contributed by atoms with van der Waals surface area (Å²) >= 11 is 0. The lowest BCUT2D eigenvalue weighted by Gasteiger charge is -2.27. The second-order valence-electron chi connectivity index (χ2n) is 9.47. The number of benzene rings is 2. The molecule has 0 bridgehead atoms. The summed E-state index contributed by atoms with van der Waals surface area (Å²) in [6.45, 7) is 11.3. The van der Waals surface area contributed by atoms with Gasteiger partial charge in [-0.25, -0.2) is 4.79 Å². The molecule has 0 spiro atoms. The molecule has 0 atom stereocenters. The van der Waals surface area contributed by atoms with Crippen LogP contribution in [0.3, 0.4) is 0 Å². The van der Waals surface area contributed by atoms with Gasteiger partial charge in [-0.3, -0.25) is 14.5 Å². The molecule has 2 aromatic rings. The first-order chi connectivity index (χ1) is 17.4. The van der Waals surface area contributed by atoms with Crippen LogP contribution < -0.4 is 15.8 Å². The van der Waals surface area contributed by atoms with Crippen LogP contribution in [0.5, 0.6) is 5.75 Å². The van der Waals surface area contributed by atoms with E-state index in [9.17, 15) is 14.4 Å². The minimum atomic E-state index is -1.15. The van der Waals surface area contributed by atoms with Crippen molar-refractivity contribution in [3.8, 4) is 5.75 Å². The Kier molecular flexibility index (Phi) is 10.4. The van der Waals surface area contributed by atoms with Crippen LogP contribution in [-0.2, 0) is 25.7 Å². The molecule has 2 rings (SSSR count). The van der Waals surface area contributed by atoms with Crippen molar-refractivity contribution in [3.05, 3.63) is 64.2 Å². The van der Waals surface area contributed by atoms with Gasteiger partial charge in [0.2, 0.25) is 5.91 Å². The number of ether oxygens (including phenoxy) is 2. The molecule has 37 heavy (non-hydrogen) atoms. The second kappa shape index (κ2) is 13.0. The number of nitrogens with zero attached hydrogens (tertiary/aromatic N) is 2. The van der Waals surface area contributed by atoms with E-state index in [1.54, 1.807) is 32.7 Å². The molecule has 200 valence electrons. The number of carbonyl (C=O) groups excluding carboxylic acids is 3. The molecule has 9 heteroatoms. The molecule has 0 unspecified atom stereocenters. The second-order valence-corrected chi connectivity index (χ2v) is 9.47. The SMILES string of the molecule is CCOC(=O)C(C)(C)Oc1c(C)cc(CN(CC(=O)N=C(N)c2ccc(C)cc2)CC(=O)NC)cc1C. The highest BCUT2D eigenvalue weighted by Gasteiger charge is 2.32. The number of aliphatic imine (C=N–C) groups is 1. The lowest BCUT2D eigenvalue weighted by Crippen LogP contribution is -2.40. The van der Waals surface area contributed by atoms with Gasteiger partial charge < -0.3 is 20.5 Å². The number of amidine groups is 1. The summed E-state index contributed by atoms with van der Waals surface area (Å²) in [7, 11) is 1.54. The van der Waals surface area contributed by atoms with Crippen LogP contribution in [0.15, 0.2) is 41.4 Å². The van der Waals surface area contributed by atoms with Crippen LogP contribution in [0, 0.1) is 20.8 Å². The van der Waals surface area contributed by atoms with Crippen molar-refractivity contribution >= 4 is 23.6 Å². The first-order valence-corrected chi connectivity index (χ1v) is 12.2. The predicted molar refractivity (Wildman–Crippen MR) is 144 cm³/mol. The Hall–Kier alpha value is -3.72. The molecule has 0 aliphatic rings. The van der Waals surface area contributed by atoms with Gasteiger partial charge in [-0.05, 0) is 58.2 Å². The molecule has 2 aromatic carbocycles. The average Bonchev–Trinajstić information content (AvgIpc) is 2.81. The summed E-state index contributed by atoms with van der Waals surface area (Å²) in [6.07, 6.45) is 0. The fraction of sp³-hybridized carbons (Fsp3) is 0.429. The van der Waals surface area contributed by atoms with Gasteiger partial charge in [0.1, 0.15) is 11.6 Å². The molecule has 0 fully saturated rings. The molecule has 0 aliphatic carbocycles. The summed E-state index contributed by atoms with van der Waals surface area (Å²) in [5.74, 6) is -0.411. The first kappa shape index (κ1) is 29.5. The van der Waals surface area contributed by atoms with Gasteiger partial charge in [0.15, 0.2) is 5.60 Å². The number of nitrogens with two attached hydrogens (primary N) is 1. The van der Waals surface area contributed by atoms with Crippen LogP contribution in [0.25, 0.3) is 0 Å². The third kappa shape index (κ3) is 8.71. The number of likely N-dealkylation sites (N-methyl/N-ethyl adjacent to an activating group) is 1. The third-order valence-corrected chi connectivity index (χ3v) is 5.65. The predicted octanol–water partition coefficient (Wildman–Crippen LogP) is 2.81. The number of esters is 1. The molecule has 0 heterocycles. The Morgan fingerprint density at radius 1 is 1.03 bits per heavy atom. The number of nitrogens with one attached hydrogen (secondary N) is 1. The number of carbonyl (C=O) groups is 3. The zero-order valence-electron chi connectivity index (χ0n) is 22.8. The van der Waals surface area contributed by atoms with Gasteiger partial charge in [-0.15, -0.1) is 0 Å². The average molecular weight is 511 g/mol. The van der Waals surface area contributed by atoms with Crippen LogP contribution in [0.1, 0.15) is 48.6 Å². The van der Waals surface area contributed by atoms with Crippen molar-refractivity contribution in [2.45, 2.75) is 53.7 Å². The van der Waals surface area contributed by atoms with Crippen molar-refractivity contribution < 1.29 is 23.9 Å². The highest BCUT2D eigenvalue weighted by atomic mass is 16.6. The largest absolute Gasteiger partial charge is 0.476 e. The minimum absolute atomic E-state index is 0.00837. The molecular weight excluding hydrogens is 472 g/mol. The Balaban J connectivity index is 2.22. The lowest BCUT2D eigenvalue weighted by molar-refractivity contribution is -0.158. The lowest BCUT2D eigenvalue weighted by atomic mass is 10.0. The van der Waals surface area contributed by atoms with Gasteiger partial charge in [-0.1, -0.05) is 42.0 Å². The monoisotopic (exact) mass is 510 g/mol. The third-order valence-electron chi connectivity index (χ3n) is 5.65. The number of rotatable bonds is 11. The van der Waals surface area contributed by atoms with E-state index in [1.807, 2.05) is 57.2 Å². The van der Waals surface area contributed by atoms with Crippen molar-refractivity contribution in [1.29, 1.82) is 0 Å². The molecule has 0 aromatic heterocycles. The fourth-order valence-electron chi connectivity index (χ4n) is 3.75. The zero-order valence-corrected chi connectivity index (χ0v) is 22.8. The van der Waals surface area contributed by atoms with Gasteiger partial charge in [-0.2, -0.15) is 4.99 Å². The number of aryl methyl sites for hydroxylation is 3. The maximum atomic E-state index is 12.7. The first-order valence-electron chi connectivity index (χ1n) is 12.2. The Morgan fingerprint density at radius 2 is 1.62 bits per heavy atom. The summed E-state index contributed by atoms with van der Waals surface area (Å²) in [5.41, 5.74) is 9.13. The van der Waals surface area contributed by atoms with E-state index in [4.69, 9.17) is 15.2 Å². The van der Waals surface area contributed by atoms with Crippen LogP contribution in [0.2, 0.25) is 0 Å².